The first kappa shape index (κ1) is 27.9. The Morgan fingerprint density at radius 1 is 1.31 bits per heavy atom. The Labute approximate surface area is 220 Å². The number of carboxylic acid groups (broad SMARTS) is 1. The second kappa shape index (κ2) is 13.6. The number of benzene rings is 1. The number of H-pyrrole nitrogens is 1. The first-order valence-corrected chi connectivity index (χ1v) is 12.8. The minimum Gasteiger partial charge on any atom is -0.480 e. The smallest absolute Gasteiger partial charge is 0.317 e. The summed E-state index contributed by atoms with van der Waals surface area (Å²) < 4.78 is 1.47. The highest BCUT2D eigenvalue weighted by Gasteiger charge is 2.17. The van der Waals surface area contributed by atoms with Gasteiger partial charge in [-0.25, -0.2) is 4.98 Å². The third kappa shape index (κ3) is 7.67. The summed E-state index contributed by atoms with van der Waals surface area (Å²) >= 11 is 12.3. The van der Waals surface area contributed by atoms with Crippen LogP contribution in [0.3, 0.4) is 0 Å². The fourth-order valence-electron chi connectivity index (χ4n) is 3.94. The molecule has 36 heavy (non-hydrogen) atoms. The van der Waals surface area contributed by atoms with Crippen LogP contribution in [0.5, 0.6) is 0 Å². The number of aliphatic carboxylic acids is 1. The van der Waals surface area contributed by atoms with Crippen molar-refractivity contribution in [2.24, 2.45) is 0 Å². The molecule has 0 aliphatic heterocycles. The number of hydrogen-bond acceptors (Lipinski definition) is 7. The van der Waals surface area contributed by atoms with E-state index in [-0.39, 0.29) is 29.1 Å². The molecule has 1 atom stereocenters. The summed E-state index contributed by atoms with van der Waals surface area (Å²) in [6, 6.07) is 5.57. The molecule has 0 spiro atoms. The molecule has 0 fully saturated rings. The summed E-state index contributed by atoms with van der Waals surface area (Å²) in [4.78, 5) is 30.2. The molecule has 196 valence electrons. The van der Waals surface area contributed by atoms with E-state index in [1.165, 1.54) is 10.8 Å². The Bertz CT molecular complexity index is 1210. The highest BCUT2D eigenvalue weighted by molar-refractivity contribution is 6.31. The van der Waals surface area contributed by atoms with Crippen LogP contribution < -0.4 is 16.2 Å². The van der Waals surface area contributed by atoms with Crippen molar-refractivity contribution < 1.29 is 9.90 Å². The van der Waals surface area contributed by atoms with Crippen LogP contribution in [0.4, 0.5) is 5.82 Å². The maximum absolute atomic E-state index is 12.9. The normalized spacial score (nSPS) is 12.4. The molecule has 0 radical (unpaired) electrons. The van der Waals surface area contributed by atoms with E-state index < -0.39 is 5.97 Å². The lowest BCUT2D eigenvalue weighted by atomic mass is 10.2. The molecule has 0 saturated carbocycles. The Morgan fingerprint density at radius 2 is 2.11 bits per heavy atom. The van der Waals surface area contributed by atoms with E-state index in [0.717, 1.165) is 36.0 Å². The number of carboxylic acids is 1. The quantitative estimate of drug-likeness (QED) is 0.216. The van der Waals surface area contributed by atoms with Crippen molar-refractivity contribution in [2.45, 2.75) is 52.2 Å². The van der Waals surface area contributed by atoms with Crippen molar-refractivity contribution in [3.8, 4) is 0 Å². The average molecular weight is 538 g/mol. The molecule has 12 heteroatoms. The maximum atomic E-state index is 12.9. The summed E-state index contributed by atoms with van der Waals surface area (Å²) in [5.74, 6) is -0.620. The predicted molar refractivity (Wildman–Crippen MR) is 143 cm³/mol. The standard InChI is InChI=1S/C24H33Cl2N7O3/c1-3-4-10-32(15-22(34)35)16(2)7-8-28-23-24(36)33(21(26)14-29-23)11-9-27-13-20-18-12-17(25)5-6-19(18)30-31-20/h5-6,12,14,16,27H,3-4,7-11,13,15H2,1-2H3,(H,28,29)(H,30,31)(H,34,35). The fourth-order valence-corrected chi connectivity index (χ4v) is 4.33. The molecule has 0 bridgehead atoms. The van der Waals surface area contributed by atoms with Crippen LogP contribution in [0.2, 0.25) is 10.2 Å². The number of rotatable bonds is 15. The Hall–Kier alpha value is -2.66. The van der Waals surface area contributed by atoms with Crippen molar-refractivity contribution in [2.75, 3.05) is 31.5 Å². The average Bonchev–Trinajstić information content (AvgIpc) is 3.24. The SMILES string of the molecule is CCCCN(CC(=O)O)C(C)CCNc1ncc(Cl)n(CCNCc2[nH]nc3ccc(Cl)cc23)c1=O. The van der Waals surface area contributed by atoms with Gasteiger partial charge in [0.15, 0.2) is 5.82 Å². The molecule has 3 aromatic rings. The zero-order chi connectivity index (χ0) is 26.1. The minimum absolute atomic E-state index is 0.00154. The highest BCUT2D eigenvalue weighted by Crippen LogP contribution is 2.20. The van der Waals surface area contributed by atoms with E-state index in [9.17, 15) is 14.7 Å². The van der Waals surface area contributed by atoms with E-state index >= 15 is 0 Å². The molecule has 0 aliphatic carbocycles. The van der Waals surface area contributed by atoms with Gasteiger partial charge >= 0.3 is 5.97 Å². The first-order valence-electron chi connectivity index (χ1n) is 12.1. The van der Waals surface area contributed by atoms with Gasteiger partial charge in [-0.3, -0.25) is 24.2 Å². The molecule has 2 heterocycles. The van der Waals surface area contributed by atoms with Gasteiger partial charge in [-0.1, -0.05) is 36.5 Å². The Balaban J connectivity index is 1.53. The topological polar surface area (TPSA) is 128 Å². The summed E-state index contributed by atoms with van der Waals surface area (Å²) in [5.41, 5.74) is 1.45. The molecule has 4 N–H and O–H groups in total. The molecule has 2 aromatic heterocycles. The number of nitrogens with zero attached hydrogens (tertiary/aromatic N) is 4. The van der Waals surface area contributed by atoms with Gasteiger partial charge < -0.3 is 15.7 Å². The van der Waals surface area contributed by atoms with Gasteiger partial charge in [0.2, 0.25) is 0 Å². The molecule has 10 nitrogen and oxygen atoms in total. The number of nitrogens with one attached hydrogen (secondary N) is 3. The first-order chi connectivity index (χ1) is 17.3. The van der Waals surface area contributed by atoms with Crippen molar-refractivity contribution in [1.82, 2.24) is 30.0 Å². The Kier molecular flexibility index (Phi) is 10.5. The van der Waals surface area contributed by atoms with Gasteiger partial charge in [-0.15, -0.1) is 0 Å². The van der Waals surface area contributed by atoms with E-state index in [2.05, 4.69) is 32.7 Å². The Morgan fingerprint density at radius 3 is 2.86 bits per heavy atom. The van der Waals surface area contributed by atoms with Gasteiger partial charge in [0.05, 0.1) is 24.0 Å². The van der Waals surface area contributed by atoms with Gasteiger partial charge in [0.25, 0.3) is 5.56 Å². The fraction of sp³-hybridized carbons (Fsp3) is 0.500. The van der Waals surface area contributed by atoms with Crippen molar-refractivity contribution >= 4 is 45.9 Å². The van der Waals surface area contributed by atoms with E-state index in [4.69, 9.17) is 23.2 Å². The number of fused-ring (bicyclic) bond motifs is 1. The predicted octanol–water partition coefficient (Wildman–Crippen LogP) is 3.59. The van der Waals surface area contributed by atoms with Crippen LogP contribution >= 0.6 is 23.2 Å². The number of hydrogen-bond donors (Lipinski definition) is 4. The number of carbonyl (C=O) groups is 1. The molecular weight excluding hydrogens is 505 g/mol. The molecule has 0 aliphatic rings. The molecule has 0 saturated heterocycles. The van der Waals surface area contributed by atoms with Crippen molar-refractivity contribution in [3.05, 3.63) is 50.6 Å². The van der Waals surface area contributed by atoms with Gasteiger partial charge in [0, 0.05) is 42.6 Å². The largest absolute Gasteiger partial charge is 0.480 e. The van der Waals surface area contributed by atoms with E-state index in [1.54, 1.807) is 6.07 Å². The lowest BCUT2D eigenvalue weighted by Crippen LogP contribution is -2.39. The summed E-state index contributed by atoms with van der Waals surface area (Å²) in [6.07, 6.45) is 4.06. The number of halogens is 2. The zero-order valence-electron chi connectivity index (χ0n) is 20.6. The summed E-state index contributed by atoms with van der Waals surface area (Å²) in [5, 5.41) is 24.7. The number of aromatic nitrogens is 4. The maximum Gasteiger partial charge on any atom is 0.317 e. The van der Waals surface area contributed by atoms with Crippen molar-refractivity contribution in [3.63, 3.8) is 0 Å². The highest BCUT2D eigenvalue weighted by atomic mass is 35.5. The minimum atomic E-state index is -0.841. The van der Waals surface area contributed by atoms with Gasteiger partial charge in [-0.05, 0) is 44.5 Å². The summed E-state index contributed by atoms with van der Waals surface area (Å²) in [6.45, 7) is 6.68. The molecule has 0 amide bonds. The van der Waals surface area contributed by atoms with Crippen molar-refractivity contribution in [1.29, 1.82) is 0 Å². The van der Waals surface area contributed by atoms with Crippen LogP contribution in [0.15, 0.2) is 29.2 Å². The molecule has 1 unspecified atom stereocenters. The second-order valence-corrected chi connectivity index (χ2v) is 9.53. The van der Waals surface area contributed by atoms with Crippen LogP contribution in [0, 0.1) is 0 Å². The van der Waals surface area contributed by atoms with E-state index in [1.807, 2.05) is 24.0 Å². The van der Waals surface area contributed by atoms with Crippen LogP contribution in [-0.4, -0.2) is 67.9 Å². The molecule has 1 aromatic carbocycles. The zero-order valence-corrected chi connectivity index (χ0v) is 22.1. The monoisotopic (exact) mass is 537 g/mol. The third-order valence-electron chi connectivity index (χ3n) is 6.03. The lowest BCUT2D eigenvalue weighted by Gasteiger charge is -2.27. The van der Waals surface area contributed by atoms with Crippen LogP contribution in [0.25, 0.3) is 10.9 Å². The number of anilines is 1. The number of aromatic amines is 1. The molecule has 3 rings (SSSR count). The van der Waals surface area contributed by atoms with Crippen LogP contribution in [0.1, 0.15) is 38.8 Å². The third-order valence-corrected chi connectivity index (χ3v) is 6.57. The second-order valence-electron chi connectivity index (χ2n) is 8.71. The van der Waals surface area contributed by atoms with Gasteiger partial charge in [-0.2, -0.15) is 5.10 Å². The van der Waals surface area contributed by atoms with Gasteiger partial charge in [0.1, 0.15) is 5.15 Å². The van der Waals surface area contributed by atoms with E-state index in [0.29, 0.717) is 37.6 Å². The lowest BCUT2D eigenvalue weighted by molar-refractivity contribution is -0.138. The number of unbranched alkanes of at least 4 members (excludes halogenated alkanes) is 1. The molecular formula is C24H33Cl2N7O3. The van der Waals surface area contributed by atoms with Crippen LogP contribution in [-0.2, 0) is 17.9 Å². The summed E-state index contributed by atoms with van der Waals surface area (Å²) in [7, 11) is 0.